The van der Waals surface area contributed by atoms with E-state index in [1.54, 1.807) is 23.5 Å². The third kappa shape index (κ3) is 4.67. The monoisotopic (exact) mass is 407 g/mol. The van der Waals surface area contributed by atoms with Crippen LogP contribution < -0.4 is 5.32 Å². The average Bonchev–Trinajstić information content (AvgIpc) is 3.02. The fraction of sp³-hybridized carbons (Fsp3) is 0.650. The van der Waals surface area contributed by atoms with Crippen LogP contribution in [0.15, 0.2) is 34.2 Å². The highest BCUT2D eigenvalue weighted by atomic mass is 32.2. The number of likely N-dealkylation sites (tertiary alicyclic amines) is 1. The Balaban J connectivity index is 1.73. The van der Waals surface area contributed by atoms with Crippen LogP contribution in [-0.4, -0.2) is 81.8 Å². The summed E-state index contributed by atoms with van der Waals surface area (Å²) >= 11 is 0. The lowest BCUT2D eigenvalue weighted by molar-refractivity contribution is 0.222. The van der Waals surface area contributed by atoms with Crippen molar-refractivity contribution < 1.29 is 8.42 Å². The van der Waals surface area contributed by atoms with Crippen molar-refractivity contribution in [3.05, 3.63) is 29.8 Å². The molecule has 1 aromatic rings. The molecule has 7 nitrogen and oxygen atoms in total. The summed E-state index contributed by atoms with van der Waals surface area (Å²) in [7, 11) is 0.304. The molecule has 0 unspecified atom stereocenters. The van der Waals surface area contributed by atoms with Crippen molar-refractivity contribution in [2.75, 3.05) is 53.4 Å². The van der Waals surface area contributed by atoms with Crippen molar-refractivity contribution in [3.8, 4) is 0 Å². The Kier molecular flexibility index (Phi) is 6.31. The molecule has 2 aliphatic heterocycles. The molecule has 0 aliphatic carbocycles. The van der Waals surface area contributed by atoms with Crippen LogP contribution in [0.3, 0.4) is 0 Å². The zero-order valence-corrected chi connectivity index (χ0v) is 18.3. The van der Waals surface area contributed by atoms with Gasteiger partial charge in [-0.3, -0.25) is 4.99 Å². The Morgan fingerprint density at radius 2 is 1.82 bits per heavy atom. The molecule has 0 amide bonds. The van der Waals surface area contributed by atoms with Crippen LogP contribution in [-0.2, 0) is 16.6 Å². The number of aliphatic imine (C=N–C) groups is 1. The summed E-state index contributed by atoms with van der Waals surface area (Å²) in [4.78, 5) is 9.20. The number of piperazine rings is 1. The second-order valence-corrected chi connectivity index (χ2v) is 10.5. The Bertz CT molecular complexity index is 814. The van der Waals surface area contributed by atoms with Gasteiger partial charge in [-0.05, 0) is 30.5 Å². The summed E-state index contributed by atoms with van der Waals surface area (Å²) in [6, 6.07) is 7.29. The maximum Gasteiger partial charge on any atom is 0.243 e. The second-order valence-electron chi connectivity index (χ2n) is 8.55. The first kappa shape index (κ1) is 21.1. The summed E-state index contributed by atoms with van der Waals surface area (Å²) in [6.07, 6.45) is 1.13. The van der Waals surface area contributed by atoms with Crippen LogP contribution in [0.2, 0.25) is 0 Å². The van der Waals surface area contributed by atoms with Gasteiger partial charge in [-0.1, -0.05) is 32.0 Å². The normalized spacial score (nSPS) is 21.9. The molecule has 0 saturated carbocycles. The molecule has 1 aromatic carbocycles. The maximum absolute atomic E-state index is 13.2. The minimum atomic E-state index is -3.50. The highest BCUT2D eigenvalue weighted by molar-refractivity contribution is 7.89. The molecule has 0 radical (unpaired) electrons. The lowest BCUT2D eigenvalue weighted by Gasteiger charge is -2.32. The van der Waals surface area contributed by atoms with Gasteiger partial charge in [0.1, 0.15) is 0 Å². The first-order chi connectivity index (χ1) is 13.2. The zero-order valence-electron chi connectivity index (χ0n) is 17.5. The second kappa shape index (κ2) is 8.39. The molecule has 2 fully saturated rings. The van der Waals surface area contributed by atoms with E-state index in [1.807, 2.05) is 19.2 Å². The molecule has 0 atom stereocenters. The number of likely N-dealkylation sites (N-methyl/N-ethyl adjacent to an activating group) is 1. The van der Waals surface area contributed by atoms with Gasteiger partial charge in [0.2, 0.25) is 10.0 Å². The predicted molar refractivity (Wildman–Crippen MR) is 113 cm³/mol. The van der Waals surface area contributed by atoms with E-state index in [9.17, 15) is 8.42 Å². The van der Waals surface area contributed by atoms with E-state index in [0.717, 1.165) is 44.1 Å². The number of hydrogen-bond acceptors (Lipinski definition) is 4. The van der Waals surface area contributed by atoms with Gasteiger partial charge >= 0.3 is 0 Å². The average molecular weight is 408 g/mol. The van der Waals surface area contributed by atoms with Crippen molar-refractivity contribution in [2.24, 2.45) is 10.4 Å². The van der Waals surface area contributed by atoms with Crippen LogP contribution in [0, 0.1) is 5.41 Å². The van der Waals surface area contributed by atoms with Crippen LogP contribution in [0.1, 0.15) is 25.8 Å². The highest BCUT2D eigenvalue weighted by Gasteiger charge is 2.32. The highest BCUT2D eigenvalue weighted by Crippen LogP contribution is 2.29. The maximum atomic E-state index is 13.2. The molecule has 2 saturated heterocycles. The number of nitrogens with one attached hydrogen (secondary N) is 1. The van der Waals surface area contributed by atoms with E-state index < -0.39 is 10.0 Å². The number of rotatable bonds is 4. The smallest absolute Gasteiger partial charge is 0.243 e. The summed E-state index contributed by atoms with van der Waals surface area (Å²) < 4.78 is 28.0. The molecule has 0 bridgehead atoms. The van der Waals surface area contributed by atoms with Crippen molar-refractivity contribution in [2.45, 2.75) is 31.7 Å². The van der Waals surface area contributed by atoms with E-state index in [-0.39, 0.29) is 5.41 Å². The van der Waals surface area contributed by atoms with Gasteiger partial charge in [0, 0.05) is 52.9 Å². The fourth-order valence-corrected chi connectivity index (χ4v) is 5.51. The minimum Gasteiger partial charge on any atom is -0.352 e. The van der Waals surface area contributed by atoms with Gasteiger partial charge in [0.05, 0.1) is 4.90 Å². The lowest BCUT2D eigenvalue weighted by Crippen LogP contribution is -2.47. The van der Waals surface area contributed by atoms with Gasteiger partial charge in [0.25, 0.3) is 0 Å². The molecule has 2 aliphatic rings. The topological polar surface area (TPSA) is 68.2 Å². The largest absolute Gasteiger partial charge is 0.352 e. The Hall–Kier alpha value is -1.64. The third-order valence-corrected chi connectivity index (χ3v) is 7.68. The van der Waals surface area contributed by atoms with E-state index in [4.69, 9.17) is 0 Å². The SMILES string of the molecule is CN=C(NCc1ccccc1S(=O)(=O)N1CCN(C)CC1)N1CCC(C)(C)C1. The molecule has 3 rings (SSSR count). The van der Waals surface area contributed by atoms with Crippen molar-refractivity contribution in [1.29, 1.82) is 0 Å². The molecule has 8 heteroatoms. The van der Waals surface area contributed by atoms with Crippen LogP contribution in [0.25, 0.3) is 0 Å². The summed E-state index contributed by atoms with van der Waals surface area (Å²) in [5.41, 5.74) is 1.06. The molecule has 156 valence electrons. The zero-order chi connectivity index (χ0) is 20.4. The number of hydrogen-bond donors (Lipinski definition) is 1. The fourth-order valence-electron chi connectivity index (χ4n) is 3.87. The number of benzene rings is 1. The molecular weight excluding hydrogens is 374 g/mol. The van der Waals surface area contributed by atoms with Gasteiger partial charge < -0.3 is 15.1 Å². The molecule has 0 aromatic heterocycles. The summed E-state index contributed by atoms with van der Waals surface area (Å²) in [6.45, 7) is 9.47. The van der Waals surface area contributed by atoms with E-state index in [1.165, 1.54) is 0 Å². The quantitative estimate of drug-likeness (QED) is 0.604. The first-order valence-corrected chi connectivity index (χ1v) is 11.4. The number of guanidine groups is 1. The van der Waals surface area contributed by atoms with Gasteiger partial charge in [-0.15, -0.1) is 0 Å². The Labute approximate surface area is 169 Å². The Morgan fingerprint density at radius 3 is 2.43 bits per heavy atom. The van der Waals surface area contributed by atoms with Crippen LogP contribution in [0.4, 0.5) is 0 Å². The van der Waals surface area contributed by atoms with Crippen LogP contribution >= 0.6 is 0 Å². The predicted octanol–water partition coefficient (Wildman–Crippen LogP) is 1.43. The van der Waals surface area contributed by atoms with Gasteiger partial charge in [0.15, 0.2) is 5.96 Å². The van der Waals surface area contributed by atoms with E-state index in [0.29, 0.717) is 24.5 Å². The molecule has 1 N–H and O–H groups in total. The van der Waals surface area contributed by atoms with Crippen molar-refractivity contribution in [3.63, 3.8) is 0 Å². The van der Waals surface area contributed by atoms with Crippen LogP contribution in [0.5, 0.6) is 0 Å². The van der Waals surface area contributed by atoms with E-state index in [2.05, 4.69) is 34.0 Å². The van der Waals surface area contributed by atoms with Gasteiger partial charge in [-0.25, -0.2) is 8.42 Å². The van der Waals surface area contributed by atoms with Crippen molar-refractivity contribution in [1.82, 2.24) is 19.4 Å². The summed E-state index contributed by atoms with van der Waals surface area (Å²) in [5.74, 6) is 0.831. The standard InChI is InChI=1S/C20H33N5O2S/c1-20(2)9-10-24(16-20)19(21-3)22-15-17-7-5-6-8-18(17)28(26,27)25-13-11-23(4)12-14-25/h5-8H,9-16H2,1-4H3,(H,21,22). The molecule has 28 heavy (non-hydrogen) atoms. The molecular formula is C20H33N5O2S. The Morgan fingerprint density at radius 1 is 1.14 bits per heavy atom. The van der Waals surface area contributed by atoms with Crippen molar-refractivity contribution >= 4 is 16.0 Å². The number of nitrogens with zero attached hydrogens (tertiary/aromatic N) is 4. The van der Waals surface area contributed by atoms with Gasteiger partial charge in [-0.2, -0.15) is 4.31 Å². The lowest BCUT2D eigenvalue weighted by atomic mass is 9.93. The molecule has 0 spiro atoms. The number of sulfonamides is 1. The minimum absolute atomic E-state index is 0.278. The van der Waals surface area contributed by atoms with E-state index >= 15 is 0 Å². The first-order valence-electron chi connectivity index (χ1n) is 9.95. The third-order valence-electron chi connectivity index (χ3n) is 5.68. The summed E-state index contributed by atoms with van der Waals surface area (Å²) in [5, 5.41) is 3.37. The molecule has 2 heterocycles.